The lowest BCUT2D eigenvalue weighted by molar-refractivity contribution is -0.136. The van der Waals surface area contributed by atoms with Gasteiger partial charge < -0.3 is 20.1 Å². The Bertz CT molecular complexity index is 813. The lowest BCUT2D eigenvalue weighted by Crippen LogP contribution is -2.35. The van der Waals surface area contributed by atoms with Crippen LogP contribution in [0.2, 0.25) is 5.02 Å². The first-order valence-corrected chi connectivity index (χ1v) is 8.30. The van der Waals surface area contributed by atoms with Crippen molar-refractivity contribution >= 4 is 29.1 Å². The van der Waals surface area contributed by atoms with E-state index in [2.05, 4.69) is 10.6 Å². The number of aryl methyl sites for hydroxylation is 2. The molecule has 2 rings (SSSR count). The Morgan fingerprint density at radius 1 is 1.00 bits per heavy atom. The second-order valence-electron chi connectivity index (χ2n) is 5.76. The van der Waals surface area contributed by atoms with Crippen LogP contribution < -0.4 is 20.1 Å². The average molecular weight is 377 g/mol. The minimum atomic E-state index is -0.778. The van der Waals surface area contributed by atoms with Gasteiger partial charge in [-0.1, -0.05) is 23.7 Å². The molecule has 6 nitrogen and oxygen atoms in total. The Morgan fingerprint density at radius 3 is 2.31 bits per heavy atom. The van der Waals surface area contributed by atoms with Crippen LogP contribution in [0.15, 0.2) is 30.3 Å². The van der Waals surface area contributed by atoms with Gasteiger partial charge in [0, 0.05) is 6.54 Å². The molecule has 0 bridgehead atoms. The van der Waals surface area contributed by atoms with Gasteiger partial charge in [-0.3, -0.25) is 9.59 Å². The van der Waals surface area contributed by atoms with E-state index in [0.29, 0.717) is 22.2 Å². The summed E-state index contributed by atoms with van der Waals surface area (Å²) in [6.07, 6.45) is 0. The van der Waals surface area contributed by atoms with Crippen molar-refractivity contribution in [1.29, 1.82) is 0 Å². The van der Waals surface area contributed by atoms with E-state index in [-0.39, 0.29) is 6.54 Å². The Labute approximate surface area is 157 Å². The summed E-state index contributed by atoms with van der Waals surface area (Å²) in [5.74, 6) is -0.397. The fourth-order valence-corrected chi connectivity index (χ4v) is 2.87. The van der Waals surface area contributed by atoms with Crippen molar-refractivity contribution in [2.24, 2.45) is 0 Å². The van der Waals surface area contributed by atoms with Crippen LogP contribution in [-0.2, 0) is 16.1 Å². The number of benzene rings is 2. The van der Waals surface area contributed by atoms with Gasteiger partial charge in [0.15, 0.2) is 11.5 Å². The quantitative estimate of drug-likeness (QED) is 0.785. The summed E-state index contributed by atoms with van der Waals surface area (Å²) in [7, 11) is 3.07. The molecular weight excluding hydrogens is 356 g/mol. The molecule has 2 amide bonds. The van der Waals surface area contributed by atoms with Crippen molar-refractivity contribution in [3.05, 3.63) is 52.0 Å². The maximum absolute atomic E-state index is 12.1. The molecule has 0 saturated heterocycles. The van der Waals surface area contributed by atoms with Gasteiger partial charge in [0.05, 0.1) is 24.9 Å². The summed E-state index contributed by atoms with van der Waals surface area (Å²) < 4.78 is 10.4. The third-order valence-corrected chi connectivity index (χ3v) is 4.08. The second-order valence-corrected chi connectivity index (χ2v) is 6.17. The lowest BCUT2D eigenvalue weighted by Gasteiger charge is -2.12. The molecule has 0 aliphatic heterocycles. The number of methoxy groups -OCH3 is 2. The molecule has 0 saturated carbocycles. The van der Waals surface area contributed by atoms with Crippen molar-refractivity contribution in [3.63, 3.8) is 0 Å². The van der Waals surface area contributed by atoms with E-state index in [9.17, 15) is 9.59 Å². The molecule has 0 fully saturated rings. The molecule has 0 atom stereocenters. The first kappa shape index (κ1) is 19.6. The third-order valence-electron chi connectivity index (χ3n) is 3.78. The highest BCUT2D eigenvalue weighted by Gasteiger charge is 2.17. The van der Waals surface area contributed by atoms with Crippen LogP contribution in [0.3, 0.4) is 0 Å². The van der Waals surface area contributed by atoms with Gasteiger partial charge in [-0.15, -0.1) is 0 Å². The van der Waals surface area contributed by atoms with Crippen LogP contribution in [0.1, 0.15) is 16.7 Å². The number of amides is 2. The minimum Gasteiger partial charge on any atom is -0.493 e. The van der Waals surface area contributed by atoms with Crippen LogP contribution in [0, 0.1) is 13.8 Å². The van der Waals surface area contributed by atoms with E-state index in [1.807, 2.05) is 19.9 Å². The number of carbonyl (C=O) groups is 2. The second kappa shape index (κ2) is 8.58. The number of halogens is 1. The van der Waals surface area contributed by atoms with Crippen molar-refractivity contribution in [1.82, 2.24) is 5.32 Å². The SMILES string of the molecule is COc1ccc(CNC(=O)C(=O)Nc2c(C)cc(C)cc2Cl)cc1OC. The summed E-state index contributed by atoms with van der Waals surface area (Å²) in [6, 6.07) is 8.85. The molecule has 2 N–H and O–H groups in total. The fraction of sp³-hybridized carbons (Fsp3) is 0.263. The number of rotatable bonds is 5. The Hall–Kier alpha value is -2.73. The van der Waals surface area contributed by atoms with Gasteiger partial charge >= 0.3 is 11.8 Å². The molecule has 0 aliphatic rings. The largest absolute Gasteiger partial charge is 0.493 e. The standard InChI is InChI=1S/C19H21ClN2O4/c1-11-7-12(2)17(14(20)8-11)22-19(24)18(23)21-10-13-5-6-15(25-3)16(9-13)26-4/h5-9H,10H2,1-4H3,(H,21,23)(H,22,24). The summed E-state index contributed by atoms with van der Waals surface area (Å²) >= 11 is 6.15. The van der Waals surface area contributed by atoms with Gasteiger partial charge in [0.1, 0.15) is 0 Å². The summed E-state index contributed by atoms with van der Waals surface area (Å²) in [6.45, 7) is 3.89. The maximum atomic E-state index is 12.1. The molecule has 2 aromatic rings. The third kappa shape index (κ3) is 4.67. The average Bonchev–Trinajstić information content (AvgIpc) is 2.61. The minimum absolute atomic E-state index is 0.174. The van der Waals surface area contributed by atoms with E-state index in [0.717, 1.165) is 16.7 Å². The Kier molecular flexibility index (Phi) is 6.46. The predicted molar refractivity (Wildman–Crippen MR) is 101 cm³/mol. The molecule has 0 aliphatic carbocycles. The van der Waals surface area contributed by atoms with Gasteiger partial charge in [-0.05, 0) is 48.7 Å². The molecule has 0 heterocycles. The Balaban J connectivity index is 2.01. The fourth-order valence-electron chi connectivity index (χ4n) is 2.50. The van der Waals surface area contributed by atoms with Gasteiger partial charge in [-0.25, -0.2) is 0 Å². The first-order valence-electron chi connectivity index (χ1n) is 7.92. The molecular formula is C19H21ClN2O4. The maximum Gasteiger partial charge on any atom is 0.313 e. The summed E-state index contributed by atoms with van der Waals surface area (Å²) in [5, 5.41) is 5.51. The number of ether oxygens (including phenoxy) is 2. The normalized spacial score (nSPS) is 10.2. The number of anilines is 1. The number of nitrogens with one attached hydrogen (secondary N) is 2. The highest BCUT2D eigenvalue weighted by atomic mass is 35.5. The van der Waals surface area contributed by atoms with Crippen molar-refractivity contribution < 1.29 is 19.1 Å². The highest BCUT2D eigenvalue weighted by Crippen LogP contribution is 2.28. The summed E-state index contributed by atoms with van der Waals surface area (Å²) in [4.78, 5) is 24.2. The highest BCUT2D eigenvalue weighted by molar-refractivity contribution is 6.41. The van der Waals surface area contributed by atoms with E-state index in [1.165, 1.54) is 7.11 Å². The number of hydrogen-bond acceptors (Lipinski definition) is 4. The molecule has 138 valence electrons. The van der Waals surface area contributed by atoms with E-state index in [4.69, 9.17) is 21.1 Å². The zero-order valence-electron chi connectivity index (χ0n) is 15.1. The molecule has 0 unspecified atom stereocenters. The van der Waals surface area contributed by atoms with Crippen molar-refractivity contribution in [2.75, 3.05) is 19.5 Å². The van der Waals surface area contributed by atoms with Crippen LogP contribution in [0.5, 0.6) is 11.5 Å². The molecule has 0 spiro atoms. The van der Waals surface area contributed by atoms with Gasteiger partial charge in [0.2, 0.25) is 0 Å². The Morgan fingerprint density at radius 2 is 1.69 bits per heavy atom. The van der Waals surface area contributed by atoms with E-state index < -0.39 is 11.8 Å². The first-order chi connectivity index (χ1) is 12.3. The molecule has 2 aromatic carbocycles. The van der Waals surface area contributed by atoms with Crippen LogP contribution in [0.25, 0.3) is 0 Å². The molecule has 26 heavy (non-hydrogen) atoms. The summed E-state index contributed by atoms with van der Waals surface area (Å²) in [5.41, 5.74) is 2.97. The smallest absolute Gasteiger partial charge is 0.313 e. The number of hydrogen-bond donors (Lipinski definition) is 2. The van der Waals surface area contributed by atoms with Gasteiger partial charge in [0.25, 0.3) is 0 Å². The lowest BCUT2D eigenvalue weighted by atomic mass is 10.1. The monoisotopic (exact) mass is 376 g/mol. The number of carbonyl (C=O) groups excluding carboxylic acids is 2. The van der Waals surface area contributed by atoms with E-state index in [1.54, 1.807) is 31.4 Å². The zero-order chi connectivity index (χ0) is 19.3. The molecule has 7 heteroatoms. The van der Waals surface area contributed by atoms with Crippen molar-refractivity contribution in [3.8, 4) is 11.5 Å². The van der Waals surface area contributed by atoms with Crippen molar-refractivity contribution in [2.45, 2.75) is 20.4 Å². The predicted octanol–water partition coefficient (Wildman–Crippen LogP) is 3.23. The van der Waals surface area contributed by atoms with Crippen LogP contribution >= 0.6 is 11.6 Å². The van der Waals surface area contributed by atoms with E-state index >= 15 is 0 Å². The molecule has 0 radical (unpaired) electrons. The van der Waals surface area contributed by atoms with Gasteiger partial charge in [-0.2, -0.15) is 0 Å². The van der Waals surface area contributed by atoms with Crippen LogP contribution in [0.4, 0.5) is 5.69 Å². The molecule has 0 aromatic heterocycles. The van der Waals surface area contributed by atoms with Crippen LogP contribution in [-0.4, -0.2) is 26.0 Å². The zero-order valence-corrected chi connectivity index (χ0v) is 15.9. The topological polar surface area (TPSA) is 76.7 Å².